The Balaban J connectivity index is 2.36. The number of pyridine rings is 1. The van der Waals surface area contributed by atoms with Crippen LogP contribution in [0, 0.1) is 6.92 Å². The lowest BCUT2D eigenvalue weighted by Crippen LogP contribution is -2.04. The molecule has 1 fully saturated rings. The smallest absolute Gasteiger partial charge is 0.114 e. The fraction of sp³-hybridized carbons (Fsp3) is 0.308. The van der Waals surface area contributed by atoms with E-state index in [1.54, 1.807) is 0 Å². The molecule has 0 spiro atoms. The summed E-state index contributed by atoms with van der Waals surface area (Å²) < 4.78 is 5.52. The highest BCUT2D eigenvalue weighted by atomic mass is 16.6. The number of ether oxygens (including phenoxy) is 1. The normalized spacial score (nSPS) is 24.4. The zero-order chi connectivity index (χ0) is 10.5. The molecule has 76 valence electrons. The van der Waals surface area contributed by atoms with Crippen molar-refractivity contribution in [2.24, 2.45) is 0 Å². The molecule has 1 aliphatic heterocycles. The quantitative estimate of drug-likeness (QED) is 0.660. The molecule has 2 aromatic rings. The van der Waals surface area contributed by atoms with Crippen LogP contribution in [-0.2, 0) is 10.3 Å². The number of epoxide rings is 1. The van der Waals surface area contributed by atoms with Crippen molar-refractivity contribution in [3.05, 3.63) is 41.6 Å². The Morgan fingerprint density at radius 3 is 2.80 bits per heavy atom. The fourth-order valence-electron chi connectivity index (χ4n) is 2.01. The maximum atomic E-state index is 5.52. The molecule has 2 nitrogen and oxygen atoms in total. The molecular formula is C13H13NO. The zero-order valence-electron chi connectivity index (χ0n) is 8.95. The Hall–Kier alpha value is -1.41. The third kappa shape index (κ3) is 1.33. The van der Waals surface area contributed by atoms with Gasteiger partial charge in [-0.2, -0.15) is 0 Å². The summed E-state index contributed by atoms with van der Waals surface area (Å²) >= 11 is 0. The highest BCUT2D eigenvalue weighted by molar-refractivity contribution is 5.83. The molecule has 0 saturated carbocycles. The molecule has 1 aromatic heterocycles. The second-order valence-corrected chi connectivity index (χ2v) is 4.35. The van der Waals surface area contributed by atoms with Gasteiger partial charge in [0.05, 0.1) is 12.1 Å². The molecule has 1 saturated heterocycles. The second kappa shape index (κ2) is 2.80. The molecule has 15 heavy (non-hydrogen) atoms. The van der Waals surface area contributed by atoms with Crippen LogP contribution in [0.25, 0.3) is 10.9 Å². The van der Waals surface area contributed by atoms with Gasteiger partial charge in [0, 0.05) is 11.1 Å². The molecule has 0 amide bonds. The SMILES string of the molecule is Cc1cc(C2(C)CO2)c2ccccc2n1. The van der Waals surface area contributed by atoms with E-state index in [2.05, 4.69) is 36.2 Å². The van der Waals surface area contributed by atoms with Crippen molar-refractivity contribution in [3.8, 4) is 0 Å². The van der Waals surface area contributed by atoms with Gasteiger partial charge in [0.2, 0.25) is 0 Å². The average Bonchev–Trinajstić information content (AvgIpc) is 2.96. The van der Waals surface area contributed by atoms with E-state index in [9.17, 15) is 0 Å². The van der Waals surface area contributed by atoms with Gasteiger partial charge in [-0.15, -0.1) is 0 Å². The highest BCUT2D eigenvalue weighted by Gasteiger charge is 2.42. The van der Waals surface area contributed by atoms with Crippen LogP contribution >= 0.6 is 0 Å². The lowest BCUT2D eigenvalue weighted by Gasteiger charge is -2.10. The molecule has 1 aromatic carbocycles. The van der Waals surface area contributed by atoms with Gasteiger partial charge in [0.1, 0.15) is 5.60 Å². The van der Waals surface area contributed by atoms with Crippen LogP contribution in [0.15, 0.2) is 30.3 Å². The summed E-state index contributed by atoms with van der Waals surface area (Å²) in [5.74, 6) is 0. The molecule has 3 rings (SSSR count). The third-order valence-corrected chi connectivity index (χ3v) is 2.99. The monoisotopic (exact) mass is 199 g/mol. The number of rotatable bonds is 1. The predicted molar refractivity (Wildman–Crippen MR) is 59.8 cm³/mol. The molecule has 2 heterocycles. The van der Waals surface area contributed by atoms with Gasteiger partial charge in [-0.25, -0.2) is 0 Å². The zero-order valence-corrected chi connectivity index (χ0v) is 8.95. The van der Waals surface area contributed by atoms with Crippen LogP contribution in [0.4, 0.5) is 0 Å². The summed E-state index contributed by atoms with van der Waals surface area (Å²) in [4.78, 5) is 4.52. The van der Waals surface area contributed by atoms with Gasteiger partial charge in [0.25, 0.3) is 0 Å². The number of nitrogens with zero attached hydrogens (tertiary/aromatic N) is 1. The number of hydrogen-bond donors (Lipinski definition) is 0. The second-order valence-electron chi connectivity index (χ2n) is 4.35. The molecule has 1 atom stereocenters. The Morgan fingerprint density at radius 1 is 1.33 bits per heavy atom. The van der Waals surface area contributed by atoms with Crippen LogP contribution < -0.4 is 0 Å². The van der Waals surface area contributed by atoms with E-state index in [-0.39, 0.29) is 5.60 Å². The maximum Gasteiger partial charge on any atom is 0.114 e. The number of aromatic nitrogens is 1. The number of para-hydroxylation sites is 1. The molecule has 2 heteroatoms. The fourth-order valence-corrected chi connectivity index (χ4v) is 2.01. The van der Waals surface area contributed by atoms with E-state index in [0.29, 0.717) is 0 Å². The molecule has 0 aliphatic carbocycles. The largest absolute Gasteiger partial charge is 0.365 e. The molecule has 0 N–H and O–H groups in total. The van der Waals surface area contributed by atoms with Crippen molar-refractivity contribution in [1.29, 1.82) is 0 Å². The average molecular weight is 199 g/mol. The number of hydrogen-bond acceptors (Lipinski definition) is 2. The summed E-state index contributed by atoms with van der Waals surface area (Å²) in [6.45, 7) is 4.98. The molecular weight excluding hydrogens is 186 g/mol. The summed E-state index contributed by atoms with van der Waals surface area (Å²) in [5, 5.41) is 1.21. The lowest BCUT2D eigenvalue weighted by molar-refractivity contribution is 0.331. The Kier molecular flexibility index (Phi) is 1.65. The first-order chi connectivity index (χ1) is 7.19. The van der Waals surface area contributed by atoms with Crippen molar-refractivity contribution in [1.82, 2.24) is 4.98 Å². The van der Waals surface area contributed by atoms with Gasteiger partial charge in [-0.1, -0.05) is 18.2 Å². The Labute approximate surface area is 88.9 Å². The van der Waals surface area contributed by atoms with E-state index < -0.39 is 0 Å². The number of benzene rings is 1. The maximum absolute atomic E-state index is 5.52. The highest BCUT2D eigenvalue weighted by Crippen LogP contribution is 2.41. The van der Waals surface area contributed by atoms with Crippen LogP contribution in [0.3, 0.4) is 0 Å². The van der Waals surface area contributed by atoms with E-state index in [4.69, 9.17) is 4.74 Å². The number of aryl methyl sites for hydroxylation is 1. The third-order valence-electron chi connectivity index (χ3n) is 2.99. The summed E-state index contributed by atoms with van der Waals surface area (Å²) in [6, 6.07) is 10.4. The minimum absolute atomic E-state index is 0.0761. The van der Waals surface area contributed by atoms with Crippen LogP contribution in [0.1, 0.15) is 18.2 Å². The predicted octanol–water partition coefficient (Wildman–Crippen LogP) is 2.79. The minimum atomic E-state index is -0.0761. The van der Waals surface area contributed by atoms with Gasteiger partial charge in [-0.05, 0) is 31.5 Å². The minimum Gasteiger partial charge on any atom is -0.365 e. The van der Waals surface area contributed by atoms with Crippen LogP contribution in [0.2, 0.25) is 0 Å². The van der Waals surface area contributed by atoms with Gasteiger partial charge in [0.15, 0.2) is 0 Å². The molecule has 1 unspecified atom stereocenters. The first-order valence-corrected chi connectivity index (χ1v) is 5.20. The van der Waals surface area contributed by atoms with E-state index in [0.717, 1.165) is 17.8 Å². The Morgan fingerprint density at radius 2 is 2.07 bits per heavy atom. The van der Waals surface area contributed by atoms with Crippen molar-refractivity contribution >= 4 is 10.9 Å². The van der Waals surface area contributed by atoms with Gasteiger partial charge >= 0.3 is 0 Å². The standard InChI is InChI=1S/C13H13NO/c1-9-7-11(13(2)8-15-13)10-5-3-4-6-12(10)14-9/h3-7H,8H2,1-2H3. The van der Waals surface area contributed by atoms with Gasteiger partial charge in [-0.3, -0.25) is 4.98 Å². The van der Waals surface area contributed by atoms with Crippen molar-refractivity contribution in [2.75, 3.05) is 6.61 Å². The Bertz CT molecular complexity index is 529. The molecule has 0 bridgehead atoms. The van der Waals surface area contributed by atoms with Crippen LogP contribution in [0.5, 0.6) is 0 Å². The first kappa shape index (κ1) is 8.86. The molecule has 0 radical (unpaired) electrons. The molecule has 1 aliphatic rings. The van der Waals surface area contributed by atoms with E-state index in [1.165, 1.54) is 10.9 Å². The summed E-state index contributed by atoms with van der Waals surface area (Å²) in [7, 11) is 0. The summed E-state index contributed by atoms with van der Waals surface area (Å²) in [6.07, 6.45) is 0. The van der Waals surface area contributed by atoms with E-state index >= 15 is 0 Å². The number of fused-ring (bicyclic) bond motifs is 1. The van der Waals surface area contributed by atoms with Gasteiger partial charge < -0.3 is 4.74 Å². The topological polar surface area (TPSA) is 25.4 Å². The van der Waals surface area contributed by atoms with Crippen LogP contribution in [-0.4, -0.2) is 11.6 Å². The lowest BCUT2D eigenvalue weighted by atomic mass is 9.97. The first-order valence-electron chi connectivity index (χ1n) is 5.20. The van der Waals surface area contributed by atoms with Crippen molar-refractivity contribution in [3.63, 3.8) is 0 Å². The van der Waals surface area contributed by atoms with Crippen molar-refractivity contribution < 1.29 is 4.74 Å². The summed E-state index contributed by atoms with van der Waals surface area (Å²) in [5.41, 5.74) is 3.31. The van der Waals surface area contributed by atoms with E-state index in [1.807, 2.05) is 13.0 Å². The van der Waals surface area contributed by atoms with Crippen molar-refractivity contribution in [2.45, 2.75) is 19.4 Å².